The molecule has 0 bridgehead atoms. The van der Waals surface area contributed by atoms with Crippen molar-refractivity contribution in [2.45, 2.75) is 12.6 Å². The molecule has 1 saturated heterocycles. The lowest BCUT2D eigenvalue weighted by Crippen LogP contribution is -2.48. The minimum Gasteiger partial charge on any atom is -0.297 e. The largest absolute Gasteiger partial charge is 0.297 e. The smallest absolute Gasteiger partial charge is 0.102 e. The Labute approximate surface area is 104 Å². The number of nitrogens with zero attached hydrogens (tertiary/aromatic N) is 7. The molecule has 0 atom stereocenters. The topological polar surface area (TPSA) is 75.6 Å². The summed E-state index contributed by atoms with van der Waals surface area (Å²) in [5.41, 5.74) is 0.621. The van der Waals surface area contributed by atoms with E-state index in [1.54, 1.807) is 18.6 Å². The van der Waals surface area contributed by atoms with Crippen LogP contribution in [0.3, 0.4) is 0 Å². The molecule has 1 aliphatic heterocycles. The molecule has 0 amide bonds. The van der Waals surface area contributed by atoms with Crippen molar-refractivity contribution in [3.8, 4) is 6.07 Å². The predicted octanol–water partition coefficient (Wildman–Crippen LogP) is -0.0968. The first-order valence-electron chi connectivity index (χ1n) is 5.86. The molecule has 1 aliphatic rings. The van der Waals surface area contributed by atoms with Gasteiger partial charge in [-0.3, -0.25) is 14.3 Å². The molecule has 0 spiro atoms. The summed E-state index contributed by atoms with van der Waals surface area (Å²) in [4.78, 5) is 2.33. The average molecular weight is 243 g/mol. The van der Waals surface area contributed by atoms with Crippen LogP contribution in [0.15, 0.2) is 24.8 Å². The molecule has 0 saturated carbocycles. The molecule has 3 rings (SSSR count). The molecule has 0 radical (unpaired) electrons. The first kappa shape index (κ1) is 10.9. The summed E-state index contributed by atoms with van der Waals surface area (Å²) in [6, 6.07) is 2.48. The minimum absolute atomic E-state index is 0.392. The Kier molecular flexibility index (Phi) is 2.78. The van der Waals surface area contributed by atoms with E-state index < -0.39 is 0 Å². The van der Waals surface area contributed by atoms with Crippen LogP contribution >= 0.6 is 0 Å². The molecule has 18 heavy (non-hydrogen) atoms. The zero-order chi connectivity index (χ0) is 12.4. The Morgan fingerprint density at radius 1 is 1.39 bits per heavy atom. The summed E-state index contributed by atoms with van der Waals surface area (Å²) in [5.74, 6) is 0. The van der Waals surface area contributed by atoms with Gasteiger partial charge in [-0.05, 0) is 0 Å². The van der Waals surface area contributed by atoms with Crippen molar-refractivity contribution in [3.05, 3.63) is 30.4 Å². The number of likely N-dealkylation sites (tertiary alicyclic amines) is 1. The SMILES string of the molecule is N#Cc1cnn(C2CN(CCn3ccnn3)C2)c1. The predicted molar refractivity (Wildman–Crippen MR) is 62.4 cm³/mol. The lowest BCUT2D eigenvalue weighted by molar-refractivity contribution is 0.0932. The second-order valence-electron chi connectivity index (χ2n) is 4.40. The third-order valence-corrected chi connectivity index (χ3v) is 3.16. The van der Waals surface area contributed by atoms with Gasteiger partial charge in [-0.15, -0.1) is 5.10 Å². The number of nitriles is 1. The summed E-state index contributed by atoms with van der Waals surface area (Å²) in [7, 11) is 0. The molecule has 2 aromatic heterocycles. The van der Waals surface area contributed by atoms with Crippen LogP contribution in [0.2, 0.25) is 0 Å². The van der Waals surface area contributed by atoms with E-state index in [1.165, 1.54) is 0 Å². The van der Waals surface area contributed by atoms with Crippen molar-refractivity contribution in [1.29, 1.82) is 5.26 Å². The third-order valence-electron chi connectivity index (χ3n) is 3.16. The highest BCUT2D eigenvalue weighted by Crippen LogP contribution is 2.20. The second kappa shape index (κ2) is 4.58. The molecule has 0 N–H and O–H groups in total. The van der Waals surface area contributed by atoms with Gasteiger partial charge < -0.3 is 0 Å². The van der Waals surface area contributed by atoms with Crippen LogP contribution in [0, 0.1) is 11.3 Å². The average Bonchev–Trinajstić information content (AvgIpc) is 2.97. The first-order chi connectivity index (χ1) is 8.85. The van der Waals surface area contributed by atoms with Crippen LogP contribution in [-0.4, -0.2) is 49.3 Å². The van der Waals surface area contributed by atoms with Crippen LogP contribution in [0.1, 0.15) is 11.6 Å². The van der Waals surface area contributed by atoms with Crippen molar-refractivity contribution in [2.75, 3.05) is 19.6 Å². The summed E-state index contributed by atoms with van der Waals surface area (Å²) >= 11 is 0. The van der Waals surface area contributed by atoms with Gasteiger partial charge in [0, 0.05) is 32.0 Å². The maximum Gasteiger partial charge on any atom is 0.102 e. The number of rotatable bonds is 4. The summed E-state index contributed by atoms with van der Waals surface area (Å²) in [6.07, 6.45) is 6.97. The molecule has 7 nitrogen and oxygen atoms in total. The molecule has 7 heteroatoms. The van der Waals surface area contributed by atoms with Gasteiger partial charge in [0.15, 0.2) is 0 Å². The highest BCUT2D eigenvalue weighted by molar-refractivity contribution is 5.22. The van der Waals surface area contributed by atoms with Gasteiger partial charge in [-0.2, -0.15) is 10.4 Å². The molecular weight excluding hydrogens is 230 g/mol. The molecule has 2 aromatic rings. The van der Waals surface area contributed by atoms with E-state index in [2.05, 4.69) is 26.4 Å². The van der Waals surface area contributed by atoms with Crippen molar-refractivity contribution in [2.24, 2.45) is 0 Å². The molecule has 92 valence electrons. The van der Waals surface area contributed by atoms with Gasteiger partial charge in [0.25, 0.3) is 0 Å². The molecule has 0 unspecified atom stereocenters. The first-order valence-corrected chi connectivity index (χ1v) is 5.86. The van der Waals surface area contributed by atoms with E-state index in [9.17, 15) is 0 Å². The van der Waals surface area contributed by atoms with E-state index >= 15 is 0 Å². The van der Waals surface area contributed by atoms with Gasteiger partial charge in [-0.25, -0.2) is 0 Å². The fraction of sp³-hybridized carbons (Fsp3) is 0.455. The molecular formula is C11H13N7. The standard InChI is InChI=1S/C11H13N7/c12-5-10-6-14-18(7-10)11-8-16(9-11)3-4-17-2-1-13-15-17/h1-2,6-7,11H,3-4,8-9H2. The highest BCUT2D eigenvalue weighted by Gasteiger charge is 2.28. The lowest BCUT2D eigenvalue weighted by Gasteiger charge is -2.39. The molecule has 3 heterocycles. The van der Waals surface area contributed by atoms with Gasteiger partial charge in [0.05, 0.1) is 30.5 Å². The number of hydrogen-bond acceptors (Lipinski definition) is 5. The van der Waals surface area contributed by atoms with Gasteiger partial charge in [0.1, 0.15) is 6.07 Å². The molecule has 0 aromatic carbocycles. The second-order valence-corrected chi connectivity index (χ2v) is 4.40. The maximum atomic E-state index is 8.74. The quantitative estimate of drug-likeness (QED) is 0.749. The molecule has 1 fully saturated rings. The van der Waals surface area contributed by atoms with E-state index in [4.69, 9.17) is 5.26 Å². The number of aromatic nitrogens is 5. The Hall–Kier alpha value is -2.20. The zero-order valence-electron chi connectivity index (χ0n) is 9.85. The fourth-order valence-electron chi connectivity index (χ4n) is 2.08. The third kappa shape index (κ3) is 2.10. The summed E-state index contributed by atoms with van der Waals surface area (Å²) in [5, 5.41) is 20.6. The lowest BCUT2D eigenvalue weighted by atomic mass is 10.1. The van der Waals surface area contributed by atoms with Crippen LogP contribution in [-0.2, 0) is 6.54 Å². The normalized spacial score (nSPS) is 16.4. The van der Waals surface area contributed by atoms with Crippen LogP contribution in [0.4, 0.5) is 0 Å². The Morgan fingerprint density at radius 3 is 2.94 bits per heavy atom. The van der Waals surface area contributed by atoms with Crippen molar-refractivity contribution >= 4 is 0 Å². The van der Waals surface area contributed by atoms with Crippen molar-refractivity contribution < 1.29 is 0 Å². The van der Waals surface area contributed by atoms with E-state index in [0.29, 0.717) is 11.6 Å². The zero-order valence-corrected chi connectivity index (χ0v) is 9.85. The number of hydrogen-bond donors (Lipinski definition) is 0. The monoisotopic (exact) mass is 243 g/mol. The van der Waals surface area contributed by atoms with Gasteiger partial charge >= 0.3 is 0 Å². The molecule has 0 aliphatic carbocycles. The van der Waals surface area contributed by atoms with Crippen LogP contribution in [0.5, 0.6) is 0 Å². The summed E-state index contributed by atoms with van der Waals surface area (Å²) < 4.78 is 3.71. The van der Waals surface area contributed by atoms with E-state index in [0.717, 1.165) is 26.2 Å². The van der Waals surface area contributed by atoms with E-state index in [1.807, 2.05) is 15.6 Å². The summed E-state index contributed by atoms with van der Waals surface area (Å²) in [6.45, 7) is 3.77. The van der Waals surface area contributed by atoms with E-state index in [-0.39, 0.29) is 0 Å². The highest BCUT2D eigenvalue weighted by atomic mass is 15.4. The Morgan fingerprint density at radius 2 is 2.28 bits per heavy atom. The van der Waals surface area contributed by atoms with Crippen LogP contribution < -0.4 is 0 Å². The van der Waals surface area contributed by atoms with Crippen LogP contribution in [0.25, 0.3) is 0 Å². The Bertz CT molecular complexity index is 544. The van der Waals surface area contributed by atoms with Crippen molar-refractivity contribution in [3.63, 3.8) is 0 Å². The Balaban J connectivity index is 1.47. The maximum absolute atomic E-state index is 8.74. The fourth-order valence-corrected chi connectivity index (χ4v) is 2.08. The van der Waals surface area contributed by atoms with Gasteiger partial charge in [0.2, 0.25) is 0 Å². The minimum atomic E-state index is 0.392. The van der Waals surface area contributed by atoms with Gasteiger partial charge in [-0.1, -0.05) is 5.21 Å². The van der Waals surface area contributed by atoms with Crippen molar-refractivity contribution in [1.82, 2.24) is 29.7 Å².